The standard InChI is InChI=1S/C22H40N5O15P3/c1-21(2,3)37-9-7-35-16-14(11-39-44(31,32)42-45(33,34)41-43(28,29)30)40-20(17(16)36-8-10-38-22(4,5)6)27-13-26-15-18(23)24-12-25-19(15)27/h12-14,16-17,20H,7-11H2,1-6H3,(H,31,32)(H,33,34)(H2,23,24,25)(H2,28,29,30)/t14-,16-,17-,20-/m1/s1. The normalized spacial score (nSPS) is 24.1. The first-order valence-electron chi connectivity index (χ1n) is 13.4. The van der Waals surface area contributed by atoms with Crippen LogP contribution in [0.4, 0.5) is 5.82 Å². The number of anilines is 1. The van der Waals surface area contributed by atoms with E-state index in [2.05, 4.69) is 23.6 Å². The summed E-state index contributed by atoms with van der Waals surface area (Å²) in [4.78, 5) is 49.6. The second kappa shape index (κ2) is 14.8. The maximum Gasteiger partial charge on any atom is 0.490 e. The first-order valence-corrected chi connectivity index (χ1v) is 18.0. The van der Waals surface area contributed by atoms with Gasteiger partial charge in [-0.3, -0.25) is 9.09 Å². The van der Waals surface area contributed by atoms with E-state index in [1.165, 1.54) is 17.2 Å². The lowest BCUT2D eigenvalue weighted by Gasteiger charge is -2.27. The van der Waals surface area contributed by atoms with Crippen molar-refractivity contribution in [3.8, 4) is 0 Å². The molecule has 6 atom stereocenters. The third-order valence-electron chi connectivity index (χ3n) is 5.62. The average Bonchev–Trinajstić information content (AvgIpc) is 3.42. The lowest BCUT2D eigenvalue weighted by Crippen LogP contribution is -2.40. The minimum Gasteiger partial charge on any atom is -0.382 e. The van der Waals surface area contributed by atoms with Gasteiger partial charge in [-0.05, 0) is 41.5 Å². The molecule has 1 saturated heterocycles. The molecule has 20 nitrogen and oxygen atoms in total. The van der Waals surface area contributed by atoms with Crippen molar-refractivity contribution < 1.29 is 70.1 Å². The van der Waals surface area contributed by atoms with Gasteiger partial charge in [-0.25, -0.2) is 28.6 Å². The largest absolute Gasteiger partial charge is 0.490 e. The smallest absolute Gasteiger partial charge is 0.382 e. The van der Waals surface area contributed by atoms with Gasteiger partial charge < -0.3 is 49.0 Å². The third kappa shape index (κ3) is 12.3. The van der Waals surface area contributed by atoms with Crippen LogP contribution in [-0.2, 0) is 50.5 Å². The highest BCUT2D eigenvalue weighted by molar-refractivity contribution is 7.66. The van der Waals surface area contributed by atoms with Gasteiger partial charge in [-0.2, -0.15) is 8.62 Å². The summed E-state index contributed by atoms with van der Waals surface area (Å²) in [6.45, 7) is 10.8. The molecule has 3 rings (SSSR count). The summed E-state index contributed by atoms with van der Waals surface area (Å²) in [6.07, 6.45) is -1.62. The third-order valence-corrected chi connectivity index (χ3v) is 9.42. The number of aromatic nitrogens is 4. The molecule has 0 saturated carbocycles. The van der Waals surface area contributed by atoms with Crippen LogP contribution in [0.2, 0.25) is 0 Å². The number of nitrogen functional groups attached to an aromatic ring is 1. The molecular formula is C22H40N5O15P3. The number of fused-ring (bicyclic) bond motifs is 1. The summed E-state index contributed by atoms with van der Waals surface area (Å²) in [6, 6.07) is 0. The molecule has 1 aliphatic heterocycles. The minimum absolute atomic E-state index is 0.0158. The van der Waals surface area contributed by atoms with Crippen LogP contribution in [0.25, 0.3) is 11.2 Å². The number of nitrogens with two attached hydrogens (primary N) is 1. The predicted molar refractivity (Wildman–Crippen MR) is 154 cm³/mol. The molecule has 0 amide bonds. The van der Waals surface area contributed by atoms with E-state index >= 15 is 0 Å². The summed E-state index contributed by atoms with van der Waals surface area (Å²) in [5, 5.41) is 0. The van der Waals surface area contributed by atoms with E-state index in [-0.39, 0.29) is 43.4 Å². The van der Waals surface area contributed by atoms with Gasteiger partial charge in [0.15, 0.2) is 17.7 Å². The lowest BCUT2D eigenvalue weighted by molar-refractivity contribution is -0.115. The van der Waals surface area contributed by atoms with E-state index in [1.807, 2.05) is 41.5 Å². The Labute approximate surface area is 258 Å². The highest BCUT2D eigenvalue weighted by atomic mass is 31.3. The quantitative estimate of drug-likeness (QED) is 0.123. The van der Waals surface area contributed by atoms with Crippen molar-refractivity contribution in [1.82, 2.24) is 19.5 Å². The van der Waals surface area contributed by atoms with Gasteiger partial charge in [-0.1, -0.05) is 0 Å². The zero-order valence-electron chi connectivity index (χ0n) is 25.5. The molecule has 258 valence electrons. The fourth-order valence-electron chi connectivity index (χ4n) is 4.04. The van der Waals surface area contributed by atoms with E-state index in [9.17, 15) is 23.5 Å². The summed E-state index contributed by atoms with van der Waals surface area (Å²) in [7, 11) is -16.8. The monoisotopic (exact) mass is 707 g/mol. The summed E-state index contributed by atoms with van der Waals surface area (Å²) in [5.41, 5.74) is 5.55. The van der Waals surface area contributed by atoms with Crippen LogP contribution in [0.15, 0.2) is 12.7 Å². The molecular weight excluding hydrogens is 667 g/mol. The number of ether oxygens (including phenoxy) is 5. The Hall–Kier alpha value is -1.44. The van der Waals surface area contributed by atoms with E-state index in [0.717, 1.165) is 0 Å². The Morgan fingerprint density at radius 3 is 1.98 bits per heavy atom. The van der Waals surface area contributed by atoms with Crippen LogP contribution in [0.5, 0.6) is 0 Å². The molecule has 0 radical (unpaired) electrons. The maximum absolute atomic E-state index is 12.5. The topological polar surface area (TPSA) is 276 Å². The molecule has 1 fully saturated rings. The van der Waals surface area contributed by atoms with E-state index in [1.54, 1.807) is 0 Å². The zero-order valence-corrected chi connectivity index (χ0v) is 28.2. The van der Waals surface area contributed by atoms with Crippen molar-refractivity contribution in [2.24, 2.45) is 0 Å². The van der Waals surface area contributed by atoms with Crippen LogP contribution < -0.4 is 5.73 Å². The van der Waals surface area contributed by atoms with Crippen molar-refractivity contribution in [3.63, 3.8) is 0 Å². The molecule has 2 aromatic rings. The van der Waals surface area contributed by atoms with E-state index in [0.29, 0.717) is 0 Å². The van der Waals surface area contributed by atoms with Crippen molar-refractivity contribution in [2.45, 2.75) is 77.3 Å². The zero-order chi connectivity index (χ0) is 33.8. The molecule has 2 unspecified atom stereocenters. The highest BCUT2D eigenvalue weighted by Crippen LogP contribution is 2.66. The second-order valence-electron chi connectivity index (χ2n) is 11.6. The number of nitrogens with zero attached hydrogens (tertiary/aromatic N) is 4. The minimum atomic E-state index is -5.74. The van der Waals surface area contributed by atoms with Gasteiger partial charge in [0.2, 0.25) is 0 Å². The van der Waals surface area contributed by atoms with Gasteiger partial charge in [0.1, 0.15) is 30.2 Å². The molecule has 45 heavy (non-hydrogen) atoms. The Kier molecular flexibility index (Phi) is 12.5. The number of imidazole rings is 1. The Balaban J connectivity index is 1.89. The van der Waals surface area contributed by atoms with Crippen LogP contribution in [0.1, 0.15) is 47.8 Å². The molecule has 2 aromatic heterocycles. The molecule has 0 aromatic carbocycles. The predicted octanol–water partition coefficient (Wildman–Crippen LogP) is 2.05. The van der Waals surface area contributed by atoms with Crippen LogP contribution in [-0.4, -0.2) is 102 Å². The molecule has 0 spiro atoms. The highest BCUT2D eigenvalue weighted by Gasteiger charge is 2.49. The molecule has 3 heterocycles. The molecule has 6 N–H and O–H groups in total. The van der Waals surface area contributed by atoms with Crippen molar-refractivity contribution in [2.75, 3.05) is 38.8 Å². The van der Waals surface area contributed by atoms with Crippen LogP contribution in [0, 0.1) is 0 Å². The molecule has 0 aliphatic carbocycles. The molecule has 23 heteroatoms. The summed E-state index contributed by atoms with van der Waals surface area (Å²) < 4.78 is 79.2. The fraction of sp³-hybridized carbons (Fsp3) is 0.773. The fourth-order valence-corrected chi connectivity index (χ4v) is 7.07. The van der Waals surface area contributed by atoms with Gasteiger partial charge in [0, 0.05) is 0 Å². The van der Waals surface area contributed by atoms with Crippen molar-refractivity contribution >= 4 is 40.4 Å². The van der Waals surface area contributed by atoms with Gasteiger partial charge in [-0.15, -0.1) is 0 Å². The van der Waals surface area contributed by atoms with Crippen LogP contribution in [0.3, 0.4) is 0 Å². The SMILES string of the molecule is CC(C)(C)OCCO[C@@H]1[C@H](OCCOC(C)(C)C)[C@@H](COP(=O)(O)OP(=O)(O)OP(=O)(O)O)O[C@H]1n1cnc2c(N)ncnc21. The van der Waals surface area contributed by atoms with E-state index in [4.69, 9.17) is 43.7 Å². The Morgan fingerprint density at radius 2 is 1.42 bits per heavy atom. The maximum atomic E-state index is 12.5. The molecule has 1 aliphatic rings. The van der Waals surface area contributed by atoms with Gasteiger partial charge in [0.25, 0.3) is 0 Å². The summed E-state index contributed by atoms with van der Waals surface area (Å²) in [5.74, 6) is 0.101. The van der Waals surface area contributed by atoms with Crippen molar-refractivity contribution in [1.29, 1.82) is 0 Å². The first kappa shape index (κ1) is 38.0. The Bertz CT molecular complexity index is 1420. The second-order valence-corrected chi connectivity index (χ2v) is 16.0. The first-order chi connectivity index (χ1) is 20.6. The average molecular weight is 708 g/mol. The lowest BCUT2D eigenvalue weighted by atomic mass is 10.1. The molecule has 0 bridgehead atoms. The summed E-state index contributed by atoms with van der Waals surface area (Å²) >= 11 is 0. The van der Waals surface area contributed by atoms with Crippen molar-refractivity contribution in [3.05, 3.63) is 12.7 Å². The van der Waals surface area contributed by atoms with E-state index < -0.39 is 65.8 Å². The number of phosphoric ester groups is 1. The van der Waals surface area contributed by atoms with Gasteiger partial charge >= 0.3 is 23.5 Å². The van der Waals surface area contributed by atoms with Crippen LogP contribution >= 0.6 is 23.5 Å². The number of rotatable bonds is 16. The Morgan fingerprint density at radius 1 is 0.844 bits per heavy atom. The van der Waals surface area contributed by atoms with Gasteiger partial charge in [0.05, 0.1) is 50.6 Å². The number of hydrogen-bond acceptors (Lipinski definition) is 15. The number of hydrogen-bond donors (Lipinski definition) is 5. The number of phosphoric acid groups is 3.